The van der Waals surface area contributed by atoms with Gasteiger partial charge in [0.1, 0.15) is 5.60 Å². The van der Waals surface area contributed by atoms with Crippen LogP contribution in [0.2, 0.25) is 0 Å². The second-order valence-electron chi connectivity index (χ2n) is 6.25. The van der Waals surface area contributed by atoms with Crippen LogP contribution in [0.5, 0.6) is 0 Å². The SMILES string of the molecule is C=C1CC[C@@H](O)[C@@H](OC)[C@@H]1[C@@]1(C)O[C@@H]1CC=C(C)C. The van der Waals surface area contributed by atoms with Crippen molar-refractivity contribution in [3.8, 4) is 0 Å². The molecule has 2 aliphatic rings. The van der Waals surface area contributed by atoms with Crippen molar-refractivity contribution >= 4 is 0 Å². The number of rotatable bonds is 4. The molecular weight excluding hydrogens is 240 g/mol. The fourth-order valence-corrected chi connectivity index (χ4v) is 3.30. The van der Waals surface area contributed by atoms with Gasteiger partial charge in [0, 0.05) is 13.0 Å². The number of hydrogen-bond donors (Lipinski definition) is 1. The second kappa shape index (κ2) is 5.39. The fraction of sp³-hybridized carbons (Fsp3) is 0.750. The maximum absolute atomic E-state index is 10.1. The van der Waals surface area contributed by atoms with E-state index in [4.69, 9.17) is 9.47 Å². The first-order valence-corrected chi connectivity index (χ1v) is 7.10. The molecule has 0 aromatic carbocycles. The summed E-state index contributed by atoms with van der Waals surface area (Å²) in [5, 5.41) is 10.1. The highest BCUT2D eigenvalue weighted by molar-refractivity contribution is 5.22. The molecule has 3 heteroatoms. The molecule has 0 aromatic heterocycles. The van der Waals surface area contributed by atoms with Crippen molar-refractivity contribution in [2.24, 2.45) is 5.92 Å². The van der Waals surface area contributed by atoms with Crippen LogP contribution >= 0.6 is 0 Å². The highest BCUT2D eigenvalue weighted by atomic mass is 16.6. The van der Waals surface area contributed by atoms with Gasteiger partial charge < -0.3 is 14.6 Å². The van der Waals surface area contributed by atoms with Gasteiger partial charge in [-0.2, -0.15) is 0 Å². The molecule has 1 N–H and O–H groups in total. The molecule has 0 spiro atoms. The van der Waals surface area contributed by atoms with E-state index in [-0.39, 0.29) is 23.7 Å². The zero-order valence-corrected chi connectivity index (χ0v) is 12.5. The van der Waals surface area contributed by atoms with E-state index < -0.39 is 6.10 Å². The summed E-state index contributed by atoms with van der Waals surface area (Å²) in [6.07, 6.45) is 4.35. The Kier molecular flexibility index (Phi) is 4.19. The number of hydrogen-bond acceptors (Lipinski definition) is 3. The predicted molar refractivity (Wildman–Crippen MR) is 76.0 cm³/mol. The van der Waals surface area contributed by atoms with Crippen molar-refractivity contribution in [3.63, 3.8) is 0 Å². The maximum atomic E-state index is 10.1. The fourth-order valence-electron chi connectivity index (χ4n) is 3.30. The molecular formula is C16H26O3. The van der Waals surface area contributed by atoms with Gasteiger partial charge in [-0.1, -0.05) is 23.8 Å². The first kappa shape index (κ1) is 14.8. The molecule has 3 nitrogen and oxygen atoms in total. The number of ether oxygens (including phenoxy) is 2. The van der Waals surface area contributed by atoms with Gasteiger partial charge in [-0.3, -0.25) is 0 Å². The molecule has 1 saturated heterocycles. The molecule has 1 heterocycles. The second-order valence-corrected chi connectivity index (χ2v) is 6.25. The van der Waals surface area contributed by atoms with Crippen molar-refractivity contribution in [1.82, 2.24) is 0 Å². The zero-order valence-electron chi connectivity index (χ0n) is 12.5. The number of allylic oxidation sites excluding steroid dienone is 1. The lowest BCUT2D eigenvalue weighted by molar-refractivity contribution is -0.0688. The molecule has 0 amide bonds. The highest BCUT2D eigenvalue weighted by Gasteiger charge is 2.61. The third-order valence-corrected chi connectivity index (χ3v) is 4.52. The zero-order chi connectivity index (χ0) is 14.2. The summed E-state index contributed by atoms with van der Waals surface area (Å²) < 4.78 is 11.5. The number of epoxide rings is 1. The van der Waals surface area contributed by atoms with Crippen molar-refractivity contribution in [1.29, 1.82) is 0 Å². The summed E-state index contributed by atoms with van der Waals surface area (Å²) in [6.45, 7) is 10.5. The van der Waals surface area contributed by atoms with E-state index in [0.29, 0.717) is 0 Å². The van der Waals surface area contributed by atoms with E-state index in [1.54, 1.807) is 7.11 Å². The van der Waals surface area contributed by atoms with Gasteiger partial charge >= 0.3 is 0 Å². The third-order valence-electron chi connectivity index (χ3n) is 4.52. The molecule has 2 rings (SSSR count). The third kappa shape index (κ3) is 2.78. The maximum Gasteiger partial charge on any atom is 0.101 e. The van der Waals surface area contributed by atoms with E-state index in [0.717, 1.165) is 24.8 Å². The number of aliphatic hydroxyl groups excluding tert-OH is 1. The molecule has 1 aliphatic heterocycles. The van der Waals surface area contributed by atoms with Gasteiger partial charge in [0.05, 0.1) is 18.3 Å². The summed E-state index contributed by atoms with van der Waals surface area (Å²) in [5.41, 5.74) is 2.23. The van der Waals surface area contributed by atoms with E-state index in [2.05, 4.69) is 33.4 Å². The van der Waals surface area contributed by atoms with Crippen molar-refractivity contribution in [2.75, 3.05) is 7.11 Å². The monoisotopic (exact) mass is 266 g/mol. The Bertz CT molecular complexity index is 383. The van der Waals surface area contributed by atoms with Gasteiger partial charge in [0.15, 0.2) is 0 Å². The molecule has 5 atom stereocenters. The summed E-state index contributed by atoms with van der Waals surface area (Å²) in [7, 11) is 1.66. The largest absolute Gasteiger partial charge is 0.390 e. The minimum absolute atomic E-state index is 0.0943. The number of aliphatic hydroxyl groups is 1. The quantitative estimate of drug-likeness (QED) is 0.628. The van der Waals surface area contributed by atoms with Crippen LogP contribution in [0.4, 0.5) is 0 Å². The van der Waals surface area contributed by atoms with Crippen LogP contribution in [-0.4, -0.2) is 36.1 Å². The summed E-state index contributed by atoms with van der Waals surface area (Å²) >= 11 is 0. The smallest absolute Gasteiger partial charge is 0.101 e. The lowest BCUT2D eigenvalue weighted by Gasteiger charge is -2.38. The Morgan fingerprint density at radius 1 is 1.58 bits per heavy atom. The average Bonchev–Trinajstić information content (AvgIpc) is 3.01. The lowest BCUT2D eigenvalue weighted by Crippen LogP contribution is -2.46. The van der Waals surface area contributed by atoms with Crippen LogP contribution < -0.4 is 0 Å². The van der Waals surface area contributed by atoms with E-state index in [1.165, 1.54) is 5.57 Å². The minimum Gasteiger partial charge on any atom is -0.390 e. The summed E-state index contributed by atoms with van der Waals surface area (Å²) in [6, 6.07) is 0. The van der Waals surface area contributed by atoms with Gasteiger partial charge in [0.2, 0.25) is 0 Å². The standard InChI is InChI=1S/C16H26O3/c1-10(2)6-9-13-16(4,19-13)14-11(3)7-8-12(17)15(14)18-5/h6,12-15,17H,3,7-9H2,1-2,4-5H3/t12-,13-,14-,15-,16+/m1/s1. The Morgan fingerprint density at radius 2 is 2.26 bits per heavy atom. The van der Waals surface area contributed by atoms with Crippen LogP contribution in [0, 0.1) is 5.92 Å². The molecule has 0 unspecified atom stereocenters. The predicted octanol–water partition coefficient (Wildman–Crippen LogP) is 2.84. The molecule has 0 bridgehead atoms. The Morgan fingerprint density at radius 3 is 2.84 bits per heavy atom. The molecule has 0 aromatic rings. The van der Waals surface area contributed by atoms with Gasteiger partial charge in [-0.25, -0.2) is 0 Å². The van der Waals surface area contributed by atoms with Crippen LogP contribution in [0.25, 0.3) is 0 Å². The normalized spacial score (nSPS) is 42.1. The number of methoxy groups -OCH3 is 1. The average molecular weight is 266 g/mol. The van der Waals surface area contributed by atoms with Crippen molar-refractivity contribution in [2.45, 2.75) is 63.9 Å². The van der Waals surface area contributed by atoms with Gasteiger partial charge in [-0.15, -0.1) is 0 Å². The van der Waals surface area contributed by atoms with Gasteiger partial charge in [-0.05, 0) is 40.0 Å². The molecule has 1 saturated carbocycles. The Hall–Kier alpha value is -0.640. The van der Waals surface area contributed by atoms with Gasteiger partial charge in [0.25, 0.3) is 0 Å². The van der Waals surface area contributed by atoms with Crippen LogP contribution in [0.15, 0.2) is 23.8 Å². The first-order valence-electron chi connectivity index (χ1n) is 7.10. The van der Waals surface area contributed by atoms with Crippen LogP contribution in [0.3, 0.4) is 0 Å². The summed E-state index contributed by atoms with van der Waals surface area (Å²) in [4.78, 5) is 0. The lowest BCUT2D eigenvalue weighted by atomic mass is 9.72. The Labute approximate surface area is 116 Å². The molecule has 0 radical (unpaired) electrons. The van der Waals surface area contributed by atoms with E-state index in [9.17, 15) is 5.11 Å². The molecule has 19 heavy (non-hydrogen) atoms. The molecule has 108 valence electrons. The minimum atomic E-state index is -0.411. The van der Waals surface area contributed by atoms with Crippen molar-refractivity contribution in [3.05, 3.63) is 23.8 Å². The van der Waals surface area contributed by atoms with Crippen molar-refractivity contribution < 1.29 is 14.6 Å². The topological polar surface area (TPSA) is 42.0 Å². The Balaban J connectivity index is 2.11. The van der Waals surface area contributed by atoms with E-state index >= 15 is 0 Å². The highest BCUT2D eigenvalue weighted by Crippen LogP contribution is 2.52. The molecule has 2 fully saturated rings. The summed E-state index contributed by atoms with van der Waals surface area (Å²) in [5.74, 6) is 0.0943. The molecule has 1 aliphatic carbocycles. The van der Waals surface area contributed by atoms with Crippen LogP contribution in [-0.2, 0) is 9.47 Å². The van der Waals surface area contributed by atoms with Crippen LogP contribution in [0.1, 0.15) is 40.0 Å². The first-order chi connectivity index (χ1) is 8.90. The van der Waals surface area contributed by atoms with E-state index in [1.807, 2.05) is 0 Å².